The van der Waals surface area contributed by atoms with Crippen LogP contribution in [0.25, 0.3) is 22.4 Å². The summed E-state index contributed by atoms with van der Waals surface area (Å²) in [4.78, 5) is 15.7. The van der Waals surface area contributed by atoms with E-state index in [9.17, 15) is 10.1 Å². The molecule has 0 bridgehead atoms. The van der Waals surface area contributed by atoms with Crippen molar-refractivity contribution in [2.24, 2.45) is 10.1 Å². The van der Waals surface area contributed by atoms with Crippen molar-refractivity contribution < 1.29 is 13.8 Å². The highest BCUT2D eigenvalue weighted by atomic mass is 32.1. The first-order chi connectivity index (χ1) is 16.0. The third kappa shape index (κ3) is 4.13. The van der Waals surface area contributed by atoms with Crippen LogP contribution in [-0.2, 0) is 0 Å². The molecule has 0 saturated carbocycles. The van der Waals surface area contributed by atoms with Gasteiger partial charge in [0.05, 0.1) is 18.0 Å². The predicted octanol–water partition coefficient (Wildman–Crippen LogP) is 6.20. The SMILES string of the molecule is Cc1ccc(N=c2scc(-c3cc4ccccc4o3)n2N=Cc2ccc([N+](=O)[O-])o2)cc1C. The second-order valence-corrected chi connectivity index (χ2v) is 8.26. The van der Waals surface area contributed by atoms with E-state index < -0.39 is 4.92 Å². The topological polar surface area (TPSA) is 99.1 Å². The van der Waals surface area contributed by atoms with Gasteiger partial charge in [-0.3, -0.25) is 10.1 Å². The van der Waals surface area contributed by atoms with Crippen LogP contribution in [0.3, 0.4) is 0 Å². The Balaban J connectivity index is 1.64. The number of furan rings is 2. The van der Waals surface area contributed by atoms with Gasteiger partial charge in [0.2, 0.25) is 4.80 Å². The Bertz CT molecular complexity index is 1550. The number of rotatable bonds is 5. The first-order valence-electron chi connectivity index (χ1n) is 10.1. The molecule has 3 heterocycles. The summed E-state index contributed by atoms with van der Waals surface area (Å²) in [7, 11) is 0. The number of nitro groups is 1. The minimum atomic E-state index is -0.588. The average molecular weight is 458 g/mol. The predicted molar refractivity (Wildman–Crippen MR) is 127 cm³/mol. The third-order valence-electron chi connectivity index (χ3n) is 5.17. The molecule has 0 spiro atoms. The fourth-order valence-corrected chi connectivity index (χ4v) is 4.13. The molecule has 0 unspecified atom stereocenters. The lowest BCUT2D eigenvalue weighted by Crippen LogP contribution is -2.11. The first kappa shape index (κ1) is 20.7. The molecule has 0 aliphatic carbocycles. The van der Waals surface area contributed by atoms with E-state index in [1.54, 1.807) is 4.68 Å². The summed E-state index contributed by atoms with van der Waals surface area (Å²) >= 11 is 1.41. The van der Waals surface area contributed by atoms with Crippen LogP contribution >= 0.6 is 11.3 Å². The standard InChI is InChI=1S/C24H18N4O4S/c1-15-7-8-18(11-16(15)2)26-24-27(25-13-19-9-10-23(31-19)28(29)30)20(14-33-24)22-12-17-5-3-4-6-21(17)32-22/h3-14H,1-2H3. The average Bonchev–Trinajstić information content (AvgIpc) is 3.52. The van der Waals surface area contributed by atoms with Crippen molar-refractivity contribution >= 4 is 40.1 Å². The number of aryl methyl sites for hydroxylation is 2. The zero-order valence-corrected chi connectivity index (χ0v) is 18.6. The van der Waals surface area contributed by atoms with Crippen molar-refractivity contribution in [3.63, 3.8) is 0 Å². The number of thiazole rings is 1. The van der Waals surface area contributed by atoms with Crippen molar-refractivity contribution in [3.05, 3.63) is 97.8 Å². The molecule has 3 aromatic heterocycles. The number of hydrogen-bond donors (Lipinski definition) is 0. The van der Waals surface area contributed by atoms with Gasteiger partial charge < -0.3 is 8.83 Å². The molecule has 33 heavy (non-hydrogen) atoms. The molecule has 0 radical (unpaired) electrons. The van der Waals surface area contributed by atoms with Crippen molar-refractivity contribution in [2.75, 3.05) is 0 Å². The number of nitrogens with zero attached hydrogens (tertiary/aromatic N) is 4. The van der Waals surface area contributed by atoms with E-state index in [2.05, 4.69) is 12.0 Å². The minimum absolute atomic E-state index is 0.257. The van der Waals surface area contributed by atoms with Gasteiger partial charge in [0.15, 0.2) is 11.5 Å². The van der Waals surface area contributed by atoms with Gasteiger partial charge in [-0.2, -0.15) is 5.10 Å². The molecule has 0 N–H and O–H groups in total. The second kappa shape index (κ2) is 8.36. The Kier molecular flexibility index (Phi) is 5.23. The van der Waals surface area contributed by atoms with Gasteiger partial charge in [-0.15, -0.1) is 11.3 Å². The maximum Gasteiger partial charge on any atom is 0.433 e. The largest absolute Gasteiger partial charge is 0.454 e. The Hall–Kier alpha value is -4.24. The van der Waals surface area contributed by atoms with Crippen molar-refractivity contribution in [3.8, 4) is 11.5 Å². The van der Waals surface area contributed by atoms with E-state index in [1.807, 2.05) is 60.8 Å². The van der Waals surface area contributed by atoms with Crippen LogP contribution in [0.4, 0.5) is 11.6 Å². The lowest BCUT2D eigenvalue weighted by molar-refractivity contribution is -0.402. The van der Waals surface area contributed by atoms with Crippen LogP contribution in [-0.4, -0.2) is 15.8 Å². The van der Waals surface area contributed by atoms with E-state index in [0.717, 1.165) is 22.2 Å². The fraction of sp³-hybridized carbons (Fsp3) is 0.0833. The van der Waals surface area contributed by atoms with Crippen LogP contribution in [0.15, 0.2) is 85.0 Å². The summed E-state index contributed by atoms with van der Waals surface area (Å²) in [5.74, 6) is 0.550. The molecule has 5 rings (SSSR count). The van der Waals surface area contributed by atoms with E-state index in [4.69, 9.17) is 13.8 Å². The van der Waals surface area contributed by atoms with Crippen LogP contribution < -0.4 is 4.80 Å². The third-order valence-corrected chi connectivity index (χ3v) is 5.99. The minimum Gasteiger partial charge on any atom is -0.454 e. The summed E-state index contributed by atoms with van der Waals surface area (Å²) < 4.78 is 12.9. The maximum atomic E-state index is 10.9. The fourth-order valence-electron chi connectivity index (χ4n) is 3.30. The first-order valence-corrected chi connectivity index (χ1v) is 11.0. The van der Waals surface area contributed by atoms with Crippen LogP contribution in [0.2, 0.25) is 0 Å². The Morgan fingerprint density at radius 3 is 2.64 bits per heavy atom. The zero-order chi connectivity index (χ0) is 22.9. The molecule has 0 aliphatic heterocycles. The van der Waals surface area contributed by atoms with Gasteiger partial charge >= 0.3 is 5.88 Å². The molecule has 8 nitrogen and oxygen atoms in total. The highest BCUT2D eigenvalue weighted by Gasteiger charge is 2.14. The molecule has 0 fully saturated rings. The zero-order valence-electron chi connectivity index (χ0n) is 17.8. The Morgan fingerprint density at radius 2 is 1.88 bits per heavy atom. The molecular formula is C24H18N4O4S. The Morgan fingerprint density at radius 1 is 1.03 bits per heavy atom. The van der Waals surface area contributed by atoms with Gasteiger partial charge in [-0.25, -0.2) is 9.67 Å². The van der Waals surface area contributed by atoms with Crippen LogP contribution in [0.1, 0.15) is 16.9 Å². The number of hydrogen-bond acceptors (Lipinski definition) is 7. The highest BCUT2D eigenvalue weighted by Crippen LogP contribution is 2.28. The van der Waals surface area contributed by atoms with Crippen molar-refractivity contribution in [1.82, 2.24) is 4.68 Å². The Labute approximate surface area is 191 Å². The molecule has 5 aromatic rings. The van der Waals surface area contributed by atoms with Crippen LogP contribution in [0, 0.1) is 24.0 Å². The van der Waals surface area contributed by atoms with E-state index in [0.29, 0.717) is 16.3 Å². The lowest BCUT2D eigenvalue weighted by Gasteiger charge is -2.02. The lowest BCUT2D eigenvalue weighted by atomic mass is 10.1. The molecule has 0 aliphatic rings. The molecule has 9 heteroatoms. The smallest absolute Gasteiger partial charge is 0.433 e. The molecule has 164 valence electrons. The highest BCUT2D eigenvalue weighted by molar-refractivity contribution is 7.07. The number of aromatic nitrogens is 1. The molecule has 0 saturated heterocycles. The normalized spacial score (nSPS) is 12.2. The monoisotopic (exact) mass is 458 g/mol. The maximum absolute atomic E-state index is 10.9. The molecule has 0 atom stereocenters. The number of fused-ring (bicyclic) bond motifs is 1. The van der Waals surface area contributed by atoms with Crippen molar-refractivity contribution in [2.45, 2.75) is 13.8 Å². The van der Waals surface area contributed by atoms with E-state index in [-0.39, 0.29) is 11.6 Å². The van der Waals surface area contributed by atoms with E-state index in [1.165, 1.54) is 35.2 Å². The van der Waals surface area contributed by atoms with Gasteiger partial charge in [0.1, 0.15) is 16.2 Å². The van der Waals surface area contributed by atoms with Crippen LogP contribution in [0.5, 0.6) is 0 Å². The van der Waals surface area contributed by atoms with Gasteiger partial charge in [-0.1, -0.05) is 24.3 Å². The number of para-hydroxylation sites is 1. The molecule has 2 aromatic carbocycles. The second-order valence-electron chi connectivity index (χ2n) is 7.42. The number of benzene rings is 2. The molecule has 0 amide bonds. The van der Waals surface area contributed by atoms with Gasteiger partial charge in [-0.05, 0) is 55.3 Å². The van der Waals surface area contributed by atoms with Gasteiger partial charge in [0.25, 0.3) is 0 Å². The molecular weight excluding hydrogens is 440 g/mol. The summed E-state index contributed by atoms with van der Waals surface area (Å²) in [6, 6.07) is 18.5. The van der Waals surface area contributed by atoms with E-state index >= 15 is 0 Å². The summed E-state index contributed by atoms with van der Waals surface area (Å²) in [6.07, 6.45) is 1.42. The summed E-state index contributed by atoms with van der Waals surface area (Å²) in [5, 5.41) is 18.3. The van der Waals surface area contributed by atoms with Gasteiger partial charge in [0, 0.05) is 10.8 Å². The summed E-state index contributed by atoms with van der Waals surface area (Å²) in [5.41, 5.74) is 4.60. The van der Waals surface area contributed by atoms with Crippen molar-refractivity contribution in [1.29, 1.82) is 0 Å². The summed E-state index contributed by atoms with van der Waals surface area (Å²) in [6.45, 7) is 4.09. The quantitative estimate of drug-likeness (QED) is 0.178.